The van der Waals surface area contributed by atoms with Crippen molar-refractivity contribution in [3.8, 4) is 0 Å². The fourth-order valence-electron chi connectivity index (χ4n) is 2.44. The van der Waals surface area contributed by atoms with Crippen LogP contribution in [0.4, 0.5) is 11.4 Å². The monoisotopic (exact) mass is 329 g/mol. The molecule has 2 rings (SSSR count). The van der Waals surface area contributed by atoms with Gasteiger partial charge in [0.15, 0.2) is 9.84 Å². The minimum absolute atomic E-state index is 0.0468. The minimum Gasteiger partial charge on any atom is -0.395 e. The standard InChI is InChI=1S/C13H19N3O5S/c1-22(20,21)13-9-11(8-12(10-13)16(18)19)15-4-2-14(3-5-15)6-7-17/h8-10,17H,2-7H2,1H3. The van der Waals surface area contributed by atoms with Crippen molar-refractivity contribution in [1.29, 1.82) is 0 Å². The van der Waals surface area contributed by atoms with Crippen LogP contribution in [0.1, 0.15) is 0 Å². The fourth-order valence-corrected chi connectivity index (χ4v) is 3.11. The second-order valence-electron chi connectivity index (χ2n) is 5.27. The number of piperazine rings is 1. The van der Waals surface area contributed by atoms with Crippen molar-refractivity contribution in [2.24, 2.45) is 0 Å². The molecule has 1 aliphatic rings. The number of hydrogen-bond acceptors (Lipinski definition) is 7. The van der Waals surface area contributed by atoms with E-state index in [1.807, 2.05) is 4.90 Å². The smallest absolute Gasteiger partial charge is 0.272 e. The summed E-state index contributed by atoms with van der Waals surface area (Å²) >= 11 is 0. The summed E-state index contributed by atoms with van der Waals surface area (Å²) in [6.07, 6.45) is 1.04. The summed E-state index contributed by atoms with van der Waals surface area (Å²) in [7, 11) is -3.51. The van der Waals surface area contributed by atoms with E-state index in [2.05, 4.69) is 4.90 Å². The largest absolute Gasteiger partial charge is 0.395 e. The van der Waals surface area contributed by atoms with E-state index in [0.717, 1.165) is 25.4 Å². The van der Waals surface area contributed by atoms with Gasteiger partial charge in [-0.3, -0.25) is 15.0 Å². The molecule has 0 atom stereocenters. The molecule has 1 heterocycles. The molecule has 0 aromatic heterocycles. The Kier molecular flexibility index (Phi) is 4.99. The van der Waals surface area contributed by atoms with Crippen molar-refractivity contribution in [1.82, 2.24) is 4.90 Å². The van der Waals surface area contributed by atoms with Crippen LogP contribution in [0.5, 0.6) is 0 Å². The highest BCUT2D eigenvalue weighted by molar-refractivity contribution is 7.90. The molecule has 0 amide bonds. The highest BCUT2D eigenvalue weighted by Crippen LogP contribution is 2.27. The summed E-state index contributed by atoms with van der Waals surface area (Å²) in [5.74, 6) is 0. The Morgan fingerprint density at radius 1 is 1.23 bits per heavy atom. The predicted molar refractivity (Wildman–Crippen MR) is 81.9 cm³/mol. The summed E-state index contributed by atoms with van der Waals surface area (Å²) < 4.78 is 23.4. The Morgan fingerprint density at radius 3 is 2.36 bits per heavy atom. The van der Waals surface area contributed by atoms with Crippen molar-refractivity contribution >= 4 is 21.2 Å². The van der Waals surface area contributed by atoms with Crippen LogP contribution in [-0.2, 0) is 9.84 Å². The van der Waals surface area contributed by atoms with Gasteiger partial charge in [-0.25, -0.2) is 8.42 Å². The van der Waals surface area contributed by atoms with E-state index in [9.17, 15) is 18.5 Å². The number of sulfone groups is 1. The number of aliphatic hydroxyl groups excluding tert-OH is 1. The van der Waals surface area contributed by atoms with Gasteiger partial charge in [0.1, 0.15) is 0 Å². The normalized spacial score (nSPS) is 16.7. The average Bonchev–Trinajstić information content (AvgIpc) is 2.47. The maximum Gasteiger partial charge on any atom is 0.272 e. The van der Waals surface area contributed by atoms with Gasteiger partial charge >= 0.3 is 0 Å². The second-order valence-corrected chi connectivity index (χ2v) is 7.28. The first kappa shape index (κ1) is 16.7. The number of aliphatic hydroxyl groups is 1. The van der Waals surface area contributed by atoms with Crippen molar-refractivity contribution < 1.29 is 18.4 Å². The van der Waals surface area contributed by atoms with E-state index < -0.39 is 14.8 Å². The summed E-state index contributed by atoms with van der Waals surface area (Å²) in [5.41, 5.74) is 0.314. The van der Waals surface area contributed by atoms with E-state index in [0.29, 0.717) is 25.3 Å². The molecule has 1 N–H and O–H groups in total. The number of hydrogen-bond donors (Lipinski definition) is 1. The number of nitro benzene ring substituents is 1. The van der Waals surface area contributed by atoms with Crippen LogP contribution in [0.3, 0.4) is 0 Å². The molecule has 0 bridgehead atoms. The summed E-state index contributed by atoms with van der Waals surface area (Å²) in [6, 6.07) is 3.96. The zero-order chi connectivity index (χ0) is 16.3. The molecule has 1 aromatic carbocycles. The second kappa shape index (κ2) is 6.59. The van der Waals surface area contributed by atoms with Gasteiger partial charge in [0, 0.05) is 56.8 Å². The highest BCUT2D eigenvalue weighted by Gasteiger charge is 2.21. The van der Waals surface area contributed by atoms with Gasteiger partial charge in [0.2, 0.25) is 0 Å². The van der Waals surface area contributed by atoms with Crippen molar-refractivity contribution in [3.05, 3.63) is 28.3 Å². The predicted octanol–water partition coefficient (Wildman–Crippen LogP) is 0.113. The molecule has 1 aliphatic heterocycles. The molecule has 0 aliphatic carbocycles. The molecular formula is C13H19N3O5S. The molecule has 1 aromatic rings. The van der Waals surface area contributed by atoms with Crippen LogP contribution in [0.25, 0.3) is 0 Å². The van der Waals surface area contributed by atoms with Crippen LogP contribution in [-0.4, -0.2) is 68.9 Å². The Bertz CT molecular complexity index is 654. The molecule has 1 fully saturated rings. The summed E-state index contributed by atoms with van der Waals surface area (Å²) in [6.45, 7) is 3.38. The third kappa shape index (κ3) is 3.93. The van der Waals surface area contributed by atoms with Gasteiger partial charge in [0.05, 0.1) is 16.4 Å². The number of non-ortho nitro benzene ring substituents is 1. The lowest BCUT2D eigenvalue weighted by Gasteiger charge is -2.35. The number of rotatable bonds is 5. The number of nitrogens with zero attached hydrogens (tertiary/aromatic N) is 3. The van der Waals surface area contributed by atoms with E-state index in [4.69, 9.17) is 5.11 Å². The average molecular weight is 329 g/mol. The molecule has 1 saturated heterocycles. The maximum atomic E-state index is 11.7. The summed E-state index contributed by atoms with van der Waals surface area (Å²) in [4.78, 5) is 14.4. The van der Waals surface area contributed by atoms with Crippen LogP contribution < -0.4 is 4.90 Å². The number of anilines is 1. The zero-order valence-corrected chi connectivity index (χ0v) is 13.1. The van der Waals surface area contributed by atoms with Gasteiger partial charge in [-0.2, -0.15) is 0 Å². The molecule has 0 saturated carbocycles. The lowest BCUT2D eigenvalue weighted by Crippen LogP contribution is -2.47. The first-order valence-electron chi connectivity index (χ1n) is 6.89. The number of nitro groups is 1. The maximum absolute atomic E-state index is 11.7. The Hall–Kier alpha value is -1.71. The van der Waals surface area contributed by atoms with Gasteiger partial charge < -0.3 is 10.0 Å². The Balaban J connectivity index is 2.27. The topological polar surface area (TPSA) is 104 Å². The number of β-amino-alcohol motifs (C(OH)–C–C–N with tert-alkyl or cyclic N) is 1. The van der Waals surface area contributed by atoms with Gasteiger partial charge in [-0.15, -0.1) is 0 Å². The van der Waals surface area contributed by atoms with Crippen LogP contribution in [0.15, 0.2) is 23.1 Å². The number of benzene rings is 1. The minimum atomic E-state index is -3.51. The molecular weight excluding hydrogens is 310 g/mol. The zero-order valence-electron chi connectivity index (χ0n) is 12.3. The molecule has 122 valence electrons. The van der Waals surface area contributed by atoms with E-state index in [1.54, 1.807) is 0 Å². The van der Waals surface area contributed by atoms with E-state index >= 15 is 0 Å². The molecule has 0 spiro atoms. The first-order valence-corrected chi connectivity index (χ1v) is 8.78. The van der Waals surface area contributed by atoms with Crippen molar-refractivity contribution in [2.75, 3.05) is 50.5 Å². The van der Waals surface area contributed by atoms with E-state index in [1.165, 1.54) is 12.1 Å². The third-order valence-corrected chi connectivity index (χ3v) is 4.76. The van der Waals surface area contributed by atoms with Gasteiger partial charge in [-0.05, 0) is 6.07 Å². The third-order valence-electron chi connectivity index (χ3n) is 3.67. The molecule has 0 unspecified atom stereocenters. The quantitative estimate of drug-likeness (QED) is 0.604. The van der Waals surface area contributed by atoms with Crippen molar-refractivity contribution in [3.63, 3.8) is 0 Å². The van der Waals surface area contributed by atoms with Gasteiger partial charge in [0.25, 0.3) is 5.69 Å². The molecule has 9 heteroatoms. The van der Waals surface area contributed by atoms with Gasteiger partial charge in [-0.1, -0.05) is 0 Å². The molecule has 0 radical (unpaired) electrons. The SMILES string of the molecule is CS(=O)(=O)c1cc(N2CCN(CCO)CC2)cc([N+](=O)[O-])c1. The van der Waals surface area contributed by atoms with Crippen molar-refractivity contribution in [2.45, 2.75) is 4.90 Å². The lowest BCUT2D eigenvalue weighted by molar-refractivity contribution is -0.385. The Morgan fingerprint density at radius 2 is 1.86 bits per heavy atom. The fraction of sp³-hybridized carbons (Fsp3) is 0.538. The highest BCUT2D eigenvalue weighted by atomic mass is 32.2. The first-order chi connectivity index (χ1) is 10.3. The van der Waals surface area contributed by atoms with Crippen LogP contribution >= 0.6 is 0 Å². The van der Waals surface area contributed by atoms with Crippen LogP contribution in [0, 0.1) is 10.1 Å². The van der Waals surface area contributed by atoms with E-state index in [-0.39, 0.29) is 17.2 Å². The molecule has 8 nitrogen and oxygen atoms in total. The Labute approximate surface area is 129 Å². The lowest BCUT2D eigenvalue weighted by atomic mass is 10.2. The molecule has 22 heavy (non-hydrogen) atoms. The van der Waals surface area contributed by atoms with Crippen LogP contribution in [0.2, 0.25) is 0 Å². The summed E-state index contributed by atoms with van der Waals surface area (Å²) in [5, 5.41) is 19.9.